The number of likely N-dealkylation sites (N-methyl/N-ethyl adjacent to an activating group) is 2. The van der Waals surface area contributed by atoms with Crippen LogP contribution in [0.1, 0.15) is 20.3 Å². The van der Waals surface area contributed by atoms with Crippen molar-refractivity contribution in [3.63, 3.8) is 0 Å². The molecule has 4 heteroatoms. The van der Waals surface area contributed by atoms with Crippen molar-refractivity contribution in [2.45, 2.75) is 32.4 Å². The van der Waals surface area contributed by atoms with Crippen LogP contribution >= 0.6 is 0 Å². The molecule has 4 nitrogen and oxygen atoms in total. The van der Waals surface area contributed by atoms with Crippen LogP contribution < -0.4 is 5.32 Å². The van der Waals surface area contributed by atoms with Gasteiger partial charge in [-0.2, -0.15) is 0 Å². The van der Waals surface area contributed by atoms with Crippen LogP contribution in [0, 0.1) is 5.92 Å². The molecule has 0 aromatic carbocycles. The van der Waals surface area contributed by atoms with Gasteiger partial charge in [-0.3, -0.25) is 4.79 Å². The fourth-order valence-electron chi connectivity index (χ4n) is 2.16. The summed E-state index contributed by atoms with van der Waals surface area (Å²) in [6, 6.07) is 0.376. The van der Waals surface area contributed by atoms with Gasteiger partial charge in [0.25, 0.3) is 0 Å². The van der Waals surface area contributed by atoms with Gasteiger partial charge in [-0.15, -0.1) is 0 Å². The summed E-state index contributed by atoms with van der Waals surface area (Å²) < 4.78 is 0. The molecule has 0 aromatic rings. The highest BCUT2D eigenvalue weighted by Gasteiger charge is 2.37. The minimum atomic E-state index is -0.670. The number of nitrogens with one attached hydrogen (secondary N) is 1. The lowest BCUT2D eigenvalue weighted by Gasteiger charge is -2.41. The van der Waals surface area contributed by atoms with Gasteiger partial charge in [-0.1, -0.05) is 6.92 Å². The predicted molar refractivity (Wildman–Crippen MR) is 55.3 cm³/mol. The fraction of sp³-hybridized carbons (Fsp3) is 0.900. The molecule has 1 aliphatic heterocycles. The van der Waals surface area contributed by atoms with Gasteiger partial charge in [0.05, 0.1) is 5.92 Å². The molecule has 82 valence electrons. The number of carboxylic acids is 1. The second kappa shape index (κ2) is 4.75. The molecular formula is C10H20N2O2. The Morgan fingerprint density at radius 1 is 1.64 bits per heavy atom. The maximum atomic E-state index is 11.0. The van der Waals surface area contributed by atoms with Crippen LogP contribution in [0.15, 0.2) is 0 Å². The van der Waals surface area contributed by atoms with E-state index in [1.807, 2.05) is 14.0 Å². The number of carbonyl (C=O) groups is 1. The summed E-state index contributed by atoms with van der Waals surface area (Å²) in [5.74, 6) is -0.906. The molecule has 1 aliphatic rings. The van der Waals surface area contributed by atoms with Crippen molar-refractivity contribution in [3.8, 4) is 0 Å². The third-order valence-electron chi connectivity index (χ3n) is 3.20. The van der Waals surface area contributed by atoms with E-state index in [0.717, 1.165) is 19.5 Å². The summed E-state index contributed by atoms with van der Waals surface area (Å²) in [4.78, 5) is 13.2. The first-order valence-corrected chi connectivity index (χ1v) is 5.24. The molecule has 0 spiro atoms. The summed E-state index contributed by atoms with van der Waals surface area (Å²) in [7, 11) is 2.05. The number of likely N-dealkylation sites (tertiary alicyclic amines) is 1. The van der Waals surface area contributed by atoms with E-state index in [-0.39, 0.29) is 12.0 Å². The minimum absolute atomic E-state index is 0.0799. The van der Waals surface area contributed by atoms with Crippen LogP contribution in [0.4, 0.5) is 0 Å². The third-order valence-corrected chi connectivity index (χ3v) is 3.20. The minimum Gasteiger partial charge on any atom is -0.481 e. The lowest BCUT2D eigenvalue weighted by Crippen LogP contribution is -2.57. The molecular weight excluding hydrogens is 180 g/mol. The van der Waals surface area contributed by atoms with E-state index < -0.39 is 5.97 Å². The van der Waals surface area contributed by atoms with E-state index in [1.165, 1.54) is 0 Å². The van der Waals surface area contributed by atoms with Crippen LogP contribution in [-0.4, -0.2) is 48.2 Å². The number of aliphatic carboxylic acids is 1. The third kappa shape index (κ3) is 2.25. The highest BCUT2D eigenvalue weighted by atomic mass is 16.4. The van der Waals surface area contributed by atoms with Crippen molar-refractivity contribution in [3.05, 3.63) is 0 Å². The Morgan fingerprint density at radius 3 is 2.79 bits per heavy atom. The number of hydrogen-bond acceptors (Lipinski definition) is 3. The first-order valence-electron chi connectivity index (χ1n) is 5.24. The second-order valence-electron chi connectivity index (χ2n) is 4.04. The molecule has 1 fully saturated rings. The molecule has 1 heterocycles. The van der Waals surface area contributed by atoms with Crippen LogP contribution in [0.2, 0.25) is 0 Å². The normalized spacial score (nSPS) is 34.4. The van der Waals surface area contributed by atoms with Gasteiger partial charge in [-0.05, 0) is 33.5 Å². The zero-order valence-electron chi connectivity index (χ0n) is 9.16. The lowest BCUT2D eigenvalue weighted by molar-refractivity contribution is -0.145. The van der Waals surface area contributed by atoms with E-state index in [9.17, 15) is 4.79 Å². The quantitative estimate of drug-likeness (QED) is 0.692. The molecule has 0 bridgehead atoms. The van der Waals surface area contributed by atoms with Gasteiger partial charge in [0.15, 0.2) is 0 Å². The molecule has 0 saturated carbocycles. The summed E-state index contributed by atoms with van der Waals surface area (Å²) in [5.41, 5.74) is 0. The topological polar surface area (TPSA) is 52.6 Å². The lowest BCUT2D eigenvalue weighted by atomic mass is 9.86. The van der Waals surface area contributed by atoms with Gasteiger partial charge in [0, 0.05) is 12.1 Å². The van der Waals surface area contributed by atoms with Crippen molar-refractivity contribution in [2.75, 3.05) is 20.1 Å². The molecule has 3 unspecified atom stereocenters. The molecule has 2 N–H and O–H groups in total. The Balaban J connectivity index is 2.71. The molecule has 0 radical (unpaired) electrons. The number of hydrogen-bond donors (Lipinski definition) is 2. The zero-order chi connectivity index (χ0) is 10.7. The Morgan fingerprint density at radius 2 is 2.29 bits per heavy atom. The Labute approximate surface area is 85.3 Å². The van der Waals surface area contributed by atoms with Crippen LogP contribution in [-0.2, 0) is 4.79 Å². The summed E-state index contributed by atoms with van der Waals surface area (Å²) >= 11 is 0. The van der Waals surface area contributed by atoms with E-state index >= 15 is 0 Å². The zero-order valence-corrected chi connectivity index (χ0v) is 9.16. The highest BCUT2D eigenvalue weighted by molar-refractivity contribution is 5.71. The summed E-state index contributed by atoms with van der Waals surface area (Å²) in [5, 5.41) is 12.4. The Hall–Kier alpha value is -0.610. The highest BCUT2D eigenvalue weighted by Crippen LogP contribution is 2.22. The molecule has 1 rings (SSSR count). The van der Waals surface area contributed by atoms with E-state index in [4.69, 9.17) is 5.11 Å². The summed E-state index contributed by atoms with van der Waals surface area (Å²) in [6.45, 7) is 5.80. The van der Waals surface area contributed by atoms with Gasteiger partial charge >= 0.3 is 5.97 Å². The predicted octanol–water partition coefficient (Wildman–Crippen LogP) is 0.389. The Kier molecular flexibility index (Phi) is 3.89. The second-order valence-corrected chi connectivity index (χ2v) is 4.04. The maximum absolute atomic E-state index is 11.0. The van der Waals surface area contributed by atoms with Gasteiger partial charge in [0.1, 0.15) is 0 Å². The standard InChI is InChI=1S/C10H20N2O2/c1-4-11-9-7(2)12(3)6-5-8(9)10(13)14/h7-9,11H,4-6H2,1-3H3,(H,13,14). The van der Waals surface area contributed by atoms with E-state index in [0.29, 0.717) is 6.04 Å². The average Bonchev–Trinajstić information content (AvgIpc) is 2.13. The van der Waals surface area contributed by atoms with Crippen LogP contribution in [0.25, 0.3) is 0 Å². The number of piperidine rings is 1. The van der Waals surface area contributed by atoms with Crippen molar-refractivity contribution in [1.82, 2.24) is 10.2 Å². The van der Waals surface area contributed by atoms with Crippen molar-refractivity contribution in [1.29, 1.82) is 0 Å². The fourth-order valence-corrected chi connectivity index (χ4v) is 2.16. The first kappa shape index (κ1) is 11.5. The van der Waals surface area contributed by atoms with Crippen LogP contribution in [0.5, 0.6) is 0 Å². The van der Waals surface area contributed by atoms with Gasteiger partial charge in [-0.25, -0.2) is 0 Å². The van der Waals surface area contributed by atoms with Crippen molar-refractivity contribution < 1.29 is 9.90 Å². The molecule has 3 atom stereocenters. The smallest absolute Gasteiger partial charge is 0.308 e. The average molecular weight is 200 g/mol. The van der Waals surface area contributed by atoms with E-state index in [2.05, 4.69) is 17.1 Å². The SMILES string of the molecule is CCNC1C(C(=O)O)CCN(C)C1C. The molecule has 0 amide bonds. The van der Waals surface area contributed by atoms with Gasteiger partial charge in [0.2, 0.25) is 0 Å². The Bertz CT molecular complexity index is 208. The van der Waals surface area contributed by atoms with Crippen molar-refractivity contribution in [2.24, 2.45) is 5.92 Å². The number of carboxylic acid groups (broad SMARTS) is 1. The monoisotopic (exact) mass is 200 g/mol. The molecule has 14 heavy (non-hydrogen) atoms. The molecule has 1 saturated heterocycles. The van der Waals surface area contributed by atoms with Crippen LogP contribution in [0.3, 0.4) is 0 Å². The summed E-state index contributed by atoms with van der Waals surface area (Å²) in [6.07, 6.45) is 0.744. The molecule has 0 aromatic heterocycles. The molecule has 0 aliphatic carbocycles. The first-order chi connectivity index (χ1) is 6.57. The van der Waals surface area contributed by atoms with Crippen molar-refractivity contribution >= 4 is 5.97 Å². The number of rotatable bonds is 3. The van der Waals surface area contributed by atoms with E-state index in [1.54, 1.807) is 0 Å². The maximum Gasteiger partial charge on any atom is 0.308 e. The van der Waals surface area contributed by atoms with Gasteiger partial charge < -0.3 is 15.3 Å². The number of nitrogens with zero attached hydrogens (tertiary/aromatic N) is 1. The largest absolute Gasteiger partial charge is 0.481 e.